The molecule has 0 N–H and O–H groups in total. The van der Waals surface area contributed by atoms with Gasteiger partial charge in [-0.1, -0.05) is 35.9 Å². The topological polar surface area (TPSA) is 73.0 Å². The van der Waals surface area contributed by atoms with Crippen LogP contribution in [0.4, 0.5) is 8.78 Å². The van der Waals surface area contributed by atoms with Crippen LogP contribution in [0, 0.1) is 6.92 Å². The number of hydrogen-bond acceptors (Lipinski definition) is 5. The summed E-state index contributed by atoms with van der Waals surface area (Å²) in [5.74, 6) is 0.485. The molecule has 1 saturated heterocycles. The van der Waals surface area contributed by atoms with Crippen molar-refractivity contribution in [1.29, 1.82) is 0 Å². The van der Waals surface area contributed by atoms with Crippen molar-refractivity contribution in [1.82, 2.24) is 23.6 Å². The number of benzene rings is 2. The molecule has 0 radical (unpaired) electrons. The lowest BCUT2D eigenvalue weighted by Gasteiger charge is -2.15. The molecule has 1 aliphatic rings. The predicted molar refractivity (Wildman–Crippen MR) is 129 cm³/mol. The Morgan fingerprint density at radius 3 is 2.66 bits per heavy atom. The third-order valence-corrected chi connectivity index (χ3v) is 8.42. The largest absolute Gasteiger partial charge is 0.321 e. The van der Waals surface area contributed by atoms with Crippen molar-refractivity contribution in [3.63, 3.8) is 0 Å². The summed E-state index contributed by atoms with van der Waals surface area (Å²) in [6.45, 7) is 1.71. The molecule has 5 rings (SSSR count). The van der Waals surface area contributed by atoms with Gasteiger partial charge in [-0.2, -0.15) is 8.78 Å². The van der Waals surface area contributed by atoms with Crippen LogP contribution >= 0.6 is 0 Å². The fourth-order valence-corrected chi connectivity index (χ4v) is 6.26. The van der Waals surface area contributed by atoms with Gasteiger partial charge in [0.25, 0.3) is 10.0 Å². The number of nitrogens with zero attached hydrogens (tertiary/aromatic N) is 5. The average molecular weight is 500 g/mol. The second-order valence-corrected chi connectivity index (χ2v) is 10.9. The first-order valence-electron chi connectivity index (χ1n) is 11.7. The van der Waals surface area contributed by atoms with Crippen LogP contribution in [0.3, 0.4) is 0 Å². The molecule has 1 fully saturated rings. The van der Waals surface area contributed by atoms with Gasteiger partial charge in [-0.05, 0) is 62.5 Å². The summed E-state index contributed by atoms with van der Waals surface area (Å²) in [6.07, 6.45) is 4.87. The van der Waals surface area contributed by atoms with Crippen molar-refractivity contribution < 1.29 is 17.2 Å². The van der Waals surface area contributed by atoms with Crippen LogP contribution in [0.1, 0.15) is 42.3 Å². The van der Waals surface area contributed by atoms with Crippen LogP contribution in [0.5, 0.6) is 0 Å². The van der Waals surface area contributed by atoms with Crippen LogP contribution in [0.25, 0.3) is 10.9 Å². The Morgan fingerprint density at radius 2 is 1.89 bits per heavy atom. The van der Waals surface area contributed by atoms with Gasteiger partial charge in [-0.15, -0.1) is 10.2 Å². The summed E-state index contributed by atoms with van der Waals surface area (Å²) >= 11 is 0. The Hall–Kier alpha value is -3.11. The number of likely N-dealkylation sites (tertiary alicyclic amines) is 1. The van der Waals surface area contributed by atoms with Crippen LogP contribution in [0.2, 0.25) is 0 Å². The zero-order chi connectivity index (χ0) is 24.6. The number of alkyl halides is 2. The Balaban J connectivity index is 1.33. The first-order valence-corrected chi connectivity index (χ1v) is 13.1. The van der Waals surface area contributed by atoms with Gasteiger partial charge in [0.15, 0.2) is 0 Å². The van der Waals surface area contributed by atoms with E-state index in [9.17, 15) is 17.2 Å². The average Bonchev–Trinajstić information content (AvgIpc) is 3.58. The minimum absolute atomic E-state index is 0.194. The van der Waals surface area contributed by atoms with E-state index in [2.05, 4.69) is 15.1 Å². The molecule has 3 heterocycles. The quantitative estimate of drug-likeness (QED) is 0.354. The maximum atomic E-state index is 13.5. The van der Waals surface area contributed by atoms with Gasteiger partial charge in [0, 0.05) is 24.5 Å². The molecule has 0 bridgehead atoms. The highest BCUT2D eigenvalue weighted by molar-refractivity contribution is 7.90. The summed E-state index contributed by atoms with van der Waals surface area (Å²) in [4.78, 5) is 2.56. The van der Waals surface area contributed by atoms with Gasteiger partial charge in [-0.3, -0.25) is 4.57 Å². The molecule has 10 heteroatoms. The second kappa shape index (κ2) is 9.50. The third kappa shape index (κ3) is 4.60. The highest BCUT2D eigenvalue weighted by atomic mass is 32.2. The summed E-state index contributed by atoms with van der Waals surface area (Å²) in [5, 5.41) is 8.34. The number of rotatable bonds is 8. The van der Waals surface area contributed by atoms with E-state index in [0.717, 1.165) is 53.5 Å². The number of hydrogen-bond donors (Lipinski definition) is 0. The molecule has 2 aromatic carbocycles. The van der Waals surface area contributed by atoms with Crippen molar-refractivity contribution in [2.24, 2.45) is 0 Å². The number of aromatic nitrogens is 4. The first kappa shape index (κ1) is 23.6. The minimum Gasteiger partial charge on any atom is -0.303 e. The van der Waals surface area contributed by atoms with Crippen LogP contribution < -0.4 is 0 Å². The lowest BCUT2D eigenvalue weighted by Crippen LogP contribution is -2.22. The SMILES string of the molecule is Cc1ccc(S(=O)(=O)n2cc(C3CCN(CCCc4nncn4C(F)F)C3)c3ccccc32)cc1. The number of para-hydroxylation sites is 1. The minimum atomic E-state index is -3.73. The summed E-state index contributed by atoms with van der Waals surface area (Å²) in [5.41, 5.74) is 2.70. The van der Waals surface area contributed by atoms with Crippen molar-refractivity contribution in [2.45, 2.75) is 43.5 Å². The smallest absolute Gasteiger partial charge is 0.303 e. The molecular weight excluding hydrogens is 472 g/mol. The normalized spacial score (nSPS) is 17.1. The second-order valence-electron chi connectivity index (χ2n) is 9.04. The predicted octanol–water partition coefficient (Wildman–Crippen LogP) is 4.60. The molecule has 1 aliphatic heterocycles. The van der Waals surface area contributed by atoms with Crippen LogP contribution in [0.15, 0.2) is 66.0 Å². The third-order valence-electron chi connectivity index (χ3n) is 6.73. The van der Waals surface area contributed by atoms with Gasteiger partial charge >= 0.3 is 6.55 Å². The van der Waals surface area contributed by atoms with Crippen molar-refractivity contribution in [3.8, 4) is 0 Å². The van der Waals surface area contributed by atoms with E-state index < -0.39 is 16.6 Å². The van der Waals surface area contributed by atoms with Crippen LogP contribution in [-0.4, -0.2) is 51.7 Å². The van der Waals surface area contributed by atoms with E-state index in [0.29, 0.717) is 24.2 Å². The standard InChI is InChI=1S/C25H27F2N5O2S/c1-18-8-10-20(11-9-18)35(33,34)32-16-22(21-5-2-3-6-23(21)32)19-12-14-30(15-19)13-4-7-24-29-28-17-31(24)25(26)27/h2-3,5-6,8-11,16-17,19,25H,4,7,12-15H2,1H3. The highest BCUT2D eigenvalue weighted by Crippen LogP contribution is 2.35. The Labute approximate surface area is 203 Å². The molecule has 184 valence electrons. The zero-order valence-electron chi connectivity index (χ0n) is 19.4. The van der Waals surface area contributed by atoms with Gasteiger partial charge in [0.05, 0.1) is 10.4 Å². The molecule has 0 amide bonds. The fourth-order valence-electron chi connectivity index (χ4n) is 4.88. The summed E-state index contributed by atoms with van der Waals surface area (Å²) in [6, 6.07) is 14.5. The Morgan fingerprint density at radius 1 is 1.11 bits per heavy atom. The maximum absolute atomic E-state index is 13.5. The molecule has 4 aromatic rings. The van der Waals surface area contributed by atoms with Gasteiger partial charge in [0.2, 0.25) is 0 Å². The Kier molecular flexibility index (Phi) is 6.41. The van der Waals surface area contributed by atoms with Crippen molar-refractivity contribution in [2.75, 3.05) is 19.6 Å². The molecule has 1 atom stereocenters. The maximum Gasteiger partial charge on any atom is 0.321 e. The molecule has 7 nitrogen and oxygen atoms in total. The van der Waals surface area contributed by atoms with Crippen LogP contribution in [-0.2, 0) is 16.4 Å². The van der Waals surface area contributed by atoms with E-state index in [1.165, 1.54) is 3.97 Å². The van der Waals surface area contributed by atoms with E-state index in [1.54, 1.807) is 30.5 Å². The molecule has 0 saturated carbocycles. The first-order chi connectivity index (χ1) is 16.8. The van der Waals surface area contributed by atoms with Crippen molar-refractivity contribution in [3.05, 3.63) is 78.0 Å². The number of fused-ring (bicyclic) bond motifs is 1. The number of aryl methyl sites for hydroxylation is 2. The molecule has 2 aromatic heterocycles. The van der Waals surface area contributed by atoms with E-state index >= 15 is 0 Å². The van der Waals surface area contributed by atoms with Gasteiger partial charge < -0.3 is 4.90 Å². The highest BCUT2D eigenvalue weighted by Gasteiger charge is 2.29. The van der Waals surface area contributed by atoms with Crippen molar-refractivity contribution >= 4 is 20.9 Å². The van der Waals surface area contributed by atoms with E-state index in [4.69, 9.17) is 0 Å². The monoisotopic (exact) mass is 499 g/mol. The lowest BCUT2D eigenvalue weighted by molar-refractivity contribution is 0.0665. The Bertz CT molecular complexity index is 1430. The fraction of sp³-hybridized carbons (Fsp3) is 0.360. The van der Waals surface area contributed by atoms with E-state index in [-0.39, 0.29) is 10.8 Å². The molecular formula is C25H27F2N5O2S. The lowest BCUT2D eigenvalue weighted by atomic mass is 9.98. The molecule has 0 aliphatic carbocycles. The summed E-state index contributed by atoms with van der Waals surface area (Å²) < 4.78 is 55.1. The van der Waals surface area contributed by atoms with Gasteiger partial charge in [0.1, 0.15) is 12.2 Å². The molecule has 0 spiro atoms. The van der Waals surface area contributed by atoms with E-state index in [1.807, 2.05) is 31.2 Å². The molecule has 1 unspecified atom stereocenters. The number of halogens is 2. The zero-order valence-corrected chi connectivity index (χ0v) is 20.2. The summed E-state index contributed by atoms with van der Waals surface area (Å²) in [7, 11) is -3.73. The van der Waals surface area contributed by atoms with Gasteiger partial charge in [-0.25, -0.2) is 12.4 Å². The molecule has 35 heavy (non-hydrogen) atoms.